The summed E-state index contributed by atoms with van der Waals surface area (Å²) in [6.45, 7) is 10.00. The van der Waals surface area contributed by atoms with E-state index < -0.39 is 11.9 Å². The van der Waals surface area contributed by atoms with Crippen LogP contribution >= 0.6 is 27.7 Å². The summed E-state index contributed by atoms with van der Waals surface area (Å²) in [5.74, 6) is 7.89. The van der Waals surface area contributed by atoms with Gasteiger partial charge in [-0.05, 0) is 0 Å². The molecular formula is C30H28BrO4SSe2. The van der Waals surface area contributed by atoms with Gasteiger partial charge in [0.05, 0.1) is 0 Å². The molecule has 0 saturated carbocycles. The fraction of sp³-hybridized carbons (Fsp3) is 0.267. The van der Waals surface area contributed by atoms with Crippen molar-refractivity contribution in [2.45, 2.75) is 51.3 Å². The van der Waals surface area contributed by atoms with Crippen LogP contribution in [-0.4, -0.2) is 58.9 Å². The van der Waals surface area contributed by atoms with E-state index in [-0.39, 0.29) is 24.8 Å². The van der Waals surface area contributed by atoms with E-state index in [2.05, 4.69) is 80.5 Å². The van der Waals surface area contributed by atoms with Crippen molar-refractivity contribution in [3.8, 4) is 22.6 Å². The van der Waals surface area contributed by atoms with Crippen LogP contribution in [0.1, 0.15) is 50.8 Å². The molecule has 0 aliphatic carbocycles. The zero-order valence-corrected chi connectivity index (χ0v) is 27.6. The van der Waals surface area contributed by atoms with Crippen LogP contribution in [-0.2, 0) is 15.0 Å². The second kappa shape index (κ2) is 14.9. The summed E-state index contributed by atoms with van der Waals surface area (Å²) in [5, 5.41) is 17.4. The Kier molecular flexibility index (Phi) is 12.5. The van der Waals surface area contributed by atoms with E-state index in [0.29, 0.717) is 11.1 Å². The molecule has 2 aromatic rings. The van der Waals surface area contributed by atoms with Crippen LogP contribution in [0.2, 0.25) is 0 Å². The first-order chi connectivity index (χ1) is 17.8. The van der Waals surface area contributed by atoms with Crippen LogP contribution in [0.5, 0.6) is 0 Å². The summed E-state index contributed by atoms with van der Waals surface area (Å²) in [6, 6.07) is 12.1. The zero-order valence-electron chi connectivity index (χ0n) is 21.8. The first kappa shape index (κ1) is 32.1. The molecule has 0 aromatic heterocycles. The van der Waals surface area contributed by atoms with E-state index in [0.717, 1.165) is 21.9 Å². The maximum atomic E-state index is 10.6. The van der Waals surface area contributed by atoms with Crippen molar-refractivity contribution in [1.82, 2.24) is 0 Å². The molecule has 3 rings (SSSR count). The van der Waals surface area contributed by atoms with Crippen molar-refractivity contribution < 1.29 is 19.8 Å². The fourth-order valence-electron chi connectivity index (χ4n) is 3.24. The quantitative estimate of drug-likeness (QED) is 0.252. The van der Waals surface area contributed by atoms with E-state index in [9.17, 15) is 9.59 Å². The standard InChI is InChI=1S/C17H17BrO2SSe.C13H11O2Se/c1-11(8-15(19)20)4-7-22-14-10-12(18)9-13-16(14)21-6-5-17(13,2)3;1-9-3-6-11(7-4-9)8-5-10(2)12(16)13(14)15/h8-10H,5-6H2,1-3H3,(H,19,20);3-4,6-7H,1-2H3,(H,14,15). The summed E-state index contributed by atoms with van der Waals surface area (Å²) < 4.78 is 2.54. The number of hydrogen-bond donors (Lipinski definition) is 2. The Morgan fingerprint density at radius 2 is 1.79 bits per heavy atom. The molecule has 8 heteroatoms. The van der Waals surface area contributed by atoms with E-state index in [1.807, 2.05) is 43.0 Å². The van der Waals surface area contributed by atoms with Gasteiger partial charge in [0, 0.05) is 0 Å². The predicted molar refractivity (Wildman–Crippen MR) is 161 cm³/mol. The third kappa shape index (κ3) is 10.2. The number of allylic oxidation sites excluding steroid dienone is 2. The summed E-state index contributed by atoms with van der Waals surface area (Å²) in [7, 11) is 0. The Morgan fingerprint density at radius 1 is 1.13 bits per heavy atom. The van der Waals surface area contributed by atoms with Gasteiger partial charge in [-0.2, -0.15) is 0 Å². The summed E-state index contributed by atoms with van der Waals surface area (Å²) in [4.78, 5) is 25.8. The third-order valence-electron chi connectivity index (χ3n) is 5.45. The van der Waals surface area contributed by atoms with Gasteiger partial charge in [-0.25, -0.2) is 0 Å². The summed E-state index contributed by atoms with van der Waals surface area (Å²) >= 11 is 8.04. The molecule has 1 radical (unpaired) electrons. The number of aliphatic carboxylic acids is 2. The average molecular weight is 722 g/mol. The molecule has 197 valence electrons. The predicted octanol–water partition coefficient (Wildman–Crippen LogP) is 5.42. The van der Waals surface area contributed by atoms with Crippen LogP contribution in [0.25, 0.3) is 0 Å². The minimum absolute atomic E-state index is 0.0158. The number of carboxylic acid groups (broad SMARTS) is 2. The van der Waals surface area contributed by atoms with Crippen molar-refractivity contribution in [2.24, 2.45) is 0 Å². The van der Waals surface area contributed by atoms with Gasteiger partial charge in [0.25, 0.3) is 0 Å². The van der Waals surface area contributed by atoms with Crippen LogP contribution in [0.3, 0.4) is 0 Å². The molecule has 0 atom stereocenters. The van der Waals surface area contributed by atoms with Crippen molar-refractivity contribution in [1.29, 1.82) is 0 Å². The molecule has 0 spiro atoms. The number of thioether (sulfide) groups is 1. The fourth-order valence-corrected chi connectivity index (χ4v) is 7.73. The van der Waals surface area contributed by atoms with Crippen LogP contribution in [0.15, 0.2) is 67.5 Å². The number of carbonyl (C=O) groups is 2. The molecule has 0 unspecified atom stereocenters. The monoisotopic (exact) mass is 723 g/mol. The van der Waals surface area contributed by atoms with E-state index in [4.69, 9.17) is 10.2 Å². The third-order valence-corrected chi connectivity index (χ3v) is 9.91. The van der Waals surface area contributed by atoms with Crippen molar-refractivity contribution >= 4 is 75.1 Å². The molecule has 1 aliphatic rings. The van der Waals surface area contributed by atoms with Gasteiger partial charge in [-0.1, -0.05) is 0 Å². The second-order valence-corrected chi connectivity index (χ2v) is 13.8. The molecule has 1 heterocycles. The number of hydrogen-bond acceptors (Lipinski definition) is 3. The number of carboxylic acids is 2. The van der Waals surface area contributed by atoms with E-state index in [1.54, 1.807) is 13.8 Å². The normalized spacial score (nSPS) is 14.2. The average Bonchev–Trinajstić information content (AvgIpc) is 2.83. The van der Waals surface area contributed by atoms with Gasteiger partial charge in [-0.3, -0.25) is 0 Å². The summed E-state index contributed by atoms with van der Waals surface area (Å²) in [6.07, 6.45) is 2.33. The van der Waals surface area contributed by atoms with Crippen LogP contribution < -0.4 is 4.46 Å². The molecule has 2 N–H and O–H groups in total. The Labute approximate surface area is 252 Å². The molecule has 0 fully saturated rings. The Hall–Kier alpha value is -2.15. The van der Waals surface area contributed by atoms with Crippen molar-refractivity contribution in [2.75, 3.05) is 5.75 Å². The first-order valence-electron chi connectivity index (χ1n) is 11.6. The summed E-state index contributed by atoms with van der Waals surface area (Å²) in [5.41, 5.74) is 4.77. The Bertz CT molecular complexity index is 1400. The molecule has 0 bridgehead atoms. The number of aryl methyl sites for hydroxylation is 1. The van der Waals surface area contributed by atoms with Crippen LogP contribution in [0.4, 0.5) is 0 Å². The molecule has 2 aromatic carbocycles. The van der Waals surface area contributed by atoms with Crippen molar-refractivity contribution in [3.63, 3.8) is 0 Å². The molecular weight excluding hydrogens is 694 g/mol. The molecule has 1 aliphatic heterocycles. The topological polar surface area (TPSA) is 74.6 Å². The molecule has 38 heavy (non-hydrogen) atoms. The van der Waals surface area contributed by atoms with E-state index in [1.165, 1.54) is 26.9 Å². The van der Waals surface area contributed by atoms with Crippen molar-refractivity contribution in [3.05, 3.63) is 79.3 Å². The molecule has 0 saturated heterocycles. The zero-order chi connectivity index (χ0) is 28.5. The Morgan fingerprint density at radius 3 is 2.39 bits per heavy atom. The number of fused-ring (bicyclic) bond motifs is 1. The molecule has 4 nitrogen and oxygen atoms in total. The Balaban J connectivity index is 0.000000281. The van der Waals surface area contributed by atoms with E-state index >= 15 is 0 Å². The molecule has 0 amide bonds. The van der Waals surface area contributed by atoms with Gasteiger partial charge in [0.2, 0.25) is 0 Å². The first-order valence-corrected chi connectivity index (χ1v) is 15.9. The second-order valence-electron chi connectivity index (χ2n) is 9.13. The number of rotatable bonds is 3. The van der Waals surface area contributed by atoms with Gasteiger partial charge in [0.15, 0.2) is 0 Å². The van der Waals surface area contributed by atoms with Gasteiger partial charge in [0.1, 0.15) is 0 Å². The number of halogens is 1. The minimum atomic E-state index is -0.976. The van der Waals surface area contributed by atoms with Gasteiger partial charge >= 0.3 is 254 Å². The maximum absolute atomic E-state index is 10.6. The van der Waals surface area contributed by atoms with Gasteiger partial charge < -0.3 is 0 Å². The number of benzene rings is 2. The SMILES string of the molecule is CC(C#C[Se]c1cc(Br)cc2c1SCCC2(C)C)=CC(=O)O.CC(C#Cc1ccc(C)cc1)=C([Se])C(=O)O. The van der Waals surface area contributed by atoms with Crippen LogP contribution in [0, 0.1) is 29.5 Å². The van der Waals surface area contributed by atoms with Gasteiger partial charge in [-0.15, -0.1) is 0 Å².